The molecule has 0 fully saturated rings. The molecule has 0 atom stereocenters. The monoisotopic (exact) mass is 202 g/mol. The van der Waals surface area contributed by atoms with Gasteiger partial charge in [-0.25, -0.2) is 0 Å². The highest BCUT2D eigenvalue weighted by molar-refractivity contribution is 5.48. The molecule has 1 aromatic carbocycles. The molecule has 2 rings (SSSR count). The highest BCUT2D eigenvalue weighted by atomic mass is 15.5. The van der Waals surface area contributed by atoms with Crippen LogP contribution in [-0.4, -0.2) is 20.2 Å². The van der Waals surface area contributed by atoms with Gasteiger partial charge in [-0.1, -0.05) is 17.7 Å². The third-order valence-corrected chi connectivity index (χ3v) is 2.47. The van der Waals surface area contributed by atoms with Gasteiger partial charge in [0.25, 0.3) is 0 Å². The Morgan fingerprint density at radius 3 is 2.07 bits per heavy atom. The summed E-state index contributed by atoms with van der Waals surface area (Å²) in [6.07, 6.45) is 0. The number of nitrogens with zero attached hydrogens (tertiary/aromatic N) is 4. The minimum atomic E-state index is 0.810. The molecule has 4 heteroatoms. The molecule has 0 N–H and O–H groups in total. The van der Waals surface area contributed by atoms with Gasteiger partial charge in [-0.05, 0) is 49.2 Å². The van der Waals surface area contributed by atoms with Crippen LogP contribution in [0, 0.1) is 27.7 Å². The average molecular weight is 202 g/mol. The Hall–Kier alpha value is -1.71. The van der Waals surface area contributed by atoms with E-state index in [9.17, 15) is 0 Å². The van der Waals surface area contributed by atoms with Crippen LogP contribution >= 0.6 is 0 Å². The van der Waals surface area contributed by atoms with Crippen LogP contribution < -0.4 is 0 Å². The molecule has 4 nitrogen and oxygen atoms in total. The van der Waals surface area contributed by atoms with Gasteiger partial charge in [0, 0.05) is 0 Å². The third-order valence-electron chi connectivity index (χ3n) is 2.47. The van der Waals surface area contributed by atoms with E-state index in [1.165, 1.54) is 16.7 Å². The standard InChI is InChI=1S/C11H14N4/c1-7-5-8(2)11(9(3)6-7)15-10(4)12-13-14-15/h5-6H,1-4H3. The van der Waals surface area contributed by atoms with Gasteiger partial charge in [-0.2, -0.15) is 4.68 Å². The molecule has 0 aliphatic carbocycles. The van der Waals surface area contributed by atoms with Crippen molar-refractivity contribution in [3.05, 3.63) is 34.6 Å². The molecule has 0 amide bonds. The van der Waals surface area contributed by atoms with Crippen LogP contribution in [0.5, 0.6) is 0 Å². The number of rotatable bonds is 1. The van der Waals surface area contributed by atoms with Crippen molar-refractivity contribution in [1.29, 1.82) is 0 Å². The lowest BCUT2D eigenvalue weighted by Gasteiger charge is -2.10. The van der Waals surface area contributed by atoms with Crippen LogP contribution in [-0.2, 0) is 0 Å². The summed E-state index contributed by atoms with van der Waals surface area (Å²) in [6, 6.07) is 4.28. The molecule has 0 bridgehead atoms. The Morgan fingerprint density at radius 1 is 1.00 bits per heavy atom. The Kier molecular flexibility index (Phi) is 2.26. The molecule has 1 heterocycles. The van der Waals surface area contributed by atoms with Crippen LogP contribution in [0.25, 0.3) is 5.69 Å². The zero-order chi connectivity index (χ0) is 11.0. The van der Waals surface area contributed by atoms with E-state index in [1.54, 1.807) is 4.68 Å². The maximum absolute atomic E-state index is 3.99. The normalized spacial score (nSPS) is 10.7. The van der Waals surface area contributed by atoms with E-state index in [2.05, 4.69) is 48.4 Å². The van der Waals surface area contributed by atoms with Gasteiger partial charge < -0.3 is 0 Å². The molecule has 0 aliphatic heterocycles. The molecule has 0 saturated heterocycles. The molecule has 0 radical (unpaired) electrons. The van der Waals surface area contributed by atoms with Crippen molar-refractivity contribution in [3.63, 3.8) is 0 Å². The topological polar surface area (TPSA) is 43.6 Å². The quantitative estimate of drug-likeness (QED) is 0.709. The van der Waals surface area contributed by atoms with Gasteiger partial charge in [0.15, 0.2) is 5.82 Å². The number of hydrogen-bond acceptors (Lipinski definition) is 3. The Labute approximate surface area is 88.9 Å². The largest absolute Gasteiger partial charge is 0.197 e. The van der Waals surface area contributed by atoms with Gasteiger partial charge in [0.2, 0.25) is 0 Å². The summed E-state index contributed by atoms with van der Waals surface area (Å²) < 4.78 is 1.78. The smallest absolute Gasteiger partial charge is 0.153 e. The zero-order valence-corrected chi connectivity index (χ0v) is 9.44. The molecular weight excluding hydrogens is 188 g/mol. The summed E-state index contributed by atoms with van der Waals surface area (Å²) in [5.74, 6) is 0.810. The fraction of sp³-hybridized carbons (Fsp3) is 0.364. The van der Waals surface area contributed by atoms with E-state index in [0.29, 0.717) is 0 Å². The maximum atomic E-state index is 3.99. The second kappa shape index (κ2) is 3.46. The summed E-state index contributed by atoms with van der Waals surface area (Å²) in [5.41, 5.74) is 4.74. The lowest BCUT2D eigenvalue weighted by Crippen LogP contribution is -2.04. The molecule has 78 valence electrons. The van der Waals surface area contributed by atoms with Crippen molar-refractivity contribution in [1.82, 2.24) is 20.2 Å². The molecule has 0 saturated carbocycles. The van der Waals surface area contributed by atoms with Crippen molar-refractivity contribution in [2.45, 2.75) is 27.7 Å². The number of hydrogen-bond donors (Lipinski definition) is 0. The van der Waals surface area contributed by atoms with Crippen LogP contribution in [0.2, 0.25) is 0 Å². The molecule has 0 aliphatic rings. The second-order valence-corrected chi connectivity index (χ2v) is 3.89. The molecule has 1 aromatic heterocycles. The van der Waals surface area contributed by atoms with Crippen LogP contribution in [0.3, 0.4) is 0 Å². The van der Waals surface area contributed by atoms with E-state index in [-0.39, 0.29) is 0 Å². The molecule has 2 aromatic rings. The first-order valence-electron chi connectivity index (χ1n) is 4.93. The summed E-state index contributed by atoms with van der Waals surface area (Å²) in [7, 11) is 0. The maximum Gasteiger partial charge on any atom is 0.153 e. The van der Waals surface area contributed by atoms with Gasteiger partial charge >= 0.3 is 0 Å². The lowest BCUT2D eigenvalue weighted by molar-refractivity contribution is 0.770. The lowest BCUT2D eigenvalue weighted by atomic mass is 10.1. The number of aryl methyl sites for hydroxylation is 4. The fourth-order valence-corrected chi connectivity index (χ4v) is 1.94. The van der Waals surface area contributed by atoms with E-state index >= 15 is 0 Å². The molecule has 15 heavy (non-hydrogen) atoms. The fourth-order valence-electron chi connectivity index (χ4n) is 1.94. The van der Waals surface area contributed by atoms with Crippen molar-refractivity contribution >= 4 is 0 Å². The SMILES string of the molecule is Cc1cc(C)c(-n2nnnc2C)c(C)c1. The first kappa shape index (κ1) is 9.83. The van der Waals surface area contributed by atoms with Crippen LogP contribution in [0.4, 0.5) is 0 Å². The first-order valence-corrected chi connectivity index (χ1v) is 4.93. The minimum absolute atomic E-state index is 0.810. The van der Waals surface area contributed by atoms with E-state index in [1.807, 2.05) is 6.92 Å². The highest BCUT2D eigenvalue weighted by Gasteiger charge is 2.09. The van der Waals surface area contributed by atoms with Crippen LogP contribution in [0.15, 0.2) is 12.1 Å². The predicted molar refractivity (Wildman–Crippen MR) is 58.1 cm³/mol. The summed E-state index contributed by atoms with van der Waals surface area (Å²) >= 11 is 0. The van der Waals surface area contributed by atoms with Crippen molar-refractivity contribution in [3.8, 4) is 5.69 Å². The molecule has 0 spiro atoms. The predicted octanol–water partition coefficient (Wildman–Crippen LogP) is 1.90. The van der Waals surface area contributed by atoms with E-state index in [0.717, 1.165) is 11.5 Å². The van der Waals surface area contributed by atoms with Gasteiger partial charge in [0.1, 0.15) is 0 Å². The van der Waals surface area contributed by atoms with Crippen molar-refractivity contribution in [2.75, 3.05) is 0 Å². The third kappa shape index (κ3) is 1.63. The van der Waals surface area contributed by atoms with E-state index in [4.69, 9.17) is 0 Å². The van der Waals surface area contributed by atoms with Crippen molar-refractivity contribution in [2.24, 2.45) is 0 Å². The first-order chi connectivity index (χ1) is 7.09. The van der Waals surface area contributed by atoms with Crippen LogP contribution in [0.1, 0.15) is 22.5 Å². The zero-order valence-electron chi connectivity index (χ0n) is 9.44. The highest BCUT2D eigenvalue weighted by Crippen LogP contribution is 2.20. The summed E-state index contributed by atoms with van der Waals surface area (Å²) in [6.45, 7) is 8.15. The summed E-state index contributed by atoms with van der Waals surface area (Å²) in [5, 5.41) is 11.6. The van der Waals surface area contributed by atoms with Gasteiger partial charge in [-0.3, -0.25) is 0 Å². The Morgan fingerprint density at radius 2 is 1.60 bits per heavy atom. The van der Waals surface area contributed by atoms with Crippen molar-refractivity contribution < 1.29 is 0 Å². The Balaban J connectivity index is 2.68. The average Bonchev–Trinajstić information content (AvgIpc) is 2.50. The van der Waals surface area contributed by atoms with Gasteiger partial charge in [-0.15, -0.1) is 5.10 Å². The molecular formula is C11H14N4. The van der Waals surface area contributed by atoms with E-state index < -0.39 is 0 Å². The minimum Gasteiger partial charge on any atom is -0.197 e. The van der Waals surface area contributed by atoms with Gasteiger partial charge in [0.05, 0.1) is 5.69 Å². The number of benzene rings is 1. The Bertz CT molecular complexity index is 476. The summed E-state index contributed by atoms with van der Waals surface area (Å²) in [4.78, 5) is 0. The second-order valence-electron chi connectivity index (χ2n) is 3.89. The number of aromatic nitrogens is 4. The molecule has 0 unspecified atom stereocenters. The number of tetrazole rings is 1.